The van der Waals surface area contributed by atoms with E-state index in [9.17, 15) is 9.90 Å². The summed E-state index contributed by atoms with van der Waals surface area (Å²) in [6.45, 7) is 0.00205. The molecule has 1 aromatic heterocycles. The highest BCUT2D eigenvalue weighted by Crippen LogP contribution is 2.38. The quantitative estimate of drug-likeness (QED) is 0.756. The van der Waals surface area contributed by atoms with E-state index in [1.807, 2.05) is 31.3 Å². The first-order valence-electron chi connectivity index (χ1n) is 8.13. The number of hydrogen-bond donors (Lipinski definition) is 2. The molecule has 2 N–H and O–H groups in total. The van der Waals surface area contributed by atoms with E-state index >= 15 is 0 Å². The number of carbonyl (C=O) groups excluding carboxylic acids is 1. The van der Waals surface area contributed by atoms with Gasteiger partial charge in [-0.25, -0.2) is 4.98 Å². The molecule has 1 unspecified atom stereocenters. The van der Waals surface area contributed by atoms with Gasteiger partial charge in [0.1, 0.15) is 5.82 Å². The number of aromatic nitrogens is 3. The molecule has 1 atom stereocenters. The average molecular weight is 393 g/mol. The summed E-state index contributed by atoms with van der Waals surface area (Å²) in [5.41, 5.74) is 0.955. The third-order valence-corrected chi connectivity index (χ3v) is 4.89. The first kappa shape index (κ1) is 17.1. The number of nitrogens with one attached hydrogen (secondary N) is 1. The molecule has 1 saturated carbocycles. The third-order valence-electron chi connectivity index (χ3n) is 4.16. The average Bonchev–Trinajstić information content (AvgIpc) is 3.33. The Morgan fingerprint density at radius 1 is 1.46 bits per heavy atom. The minimum atomic E-state index is -0.241. The van der Waals surface area contributed by atoms with Crippen LogP contribution in [0, 0.1) is 0 Å². The number of aliphatic hydroxyl groups excluding tert-OH is 1. The van der Waals surface area contributed by atoms with Crippen LogP contribution in [0.25, 0.3) is 0 Å². The van der Waals surface area contributed by atoms with Gasteiger partial charge >= 0.3 is 0 Å². The van der Waals surface area contributed by atoms with Gasteiger partial charge in [-0.1, -0.05) is 34.1 Å². The number of rotatable bonds is 7. The van der Waals surface area contributed by atoms with Crippen LogP contribution in [0.4, 0.5) is 0 Å². The van der Waals surface area contributed by atoms with Gasteiger partial charge in [0.25, 0.3) is 0 Å². The third kappa shape index (κ3) is 4.02. The van der Waals surface area contributed by atoms with Crippen LogP contribution in [0.5, 0.6) is 0 Å². The molecule has 0 spiro atoms. The van der Waals surface area contributed by atoms with Crippen LogP contribution in [0.1, 0.15) is 48.4 Å². The van der Waals surface area contributed by atoms with Crippen LogP contribution < -0.4 is 5.32 Å². The van der Waals surface area contributed by atoms with Gasteiger partial charge < -0.3 is 10.4 Å². The number of amides is 1. The van der Waals surface area contributed by atoms with Crippen molar-refractivity contribution in [2.24, 2.45) is 7.05 Å². The molecule has 1 aromatic carbocycles. The van der Waals surface area contributed by atoms with E-state index in [2.05, 4.69) is 31.3 Å². The molecule has 0 radical (unpaired) electrons. The molecule has 7 heteroatoms. The lowest BCUT2D eigenvalue weighted by molar-refractivity contribution is -0.121. The van der Waals surface area contributed by atoms with E-state index in [0.717, 1.165) is 28.7 Å². The minimum Gasteiger partial charge on any atom is -0.396 e. The monoisotopic (exact) mass is 392 g/mol. The Hall–Kier alpha value is -1.73. The van der Waals surface area contributed by atoms with Crippen molar-refractivity contribution >= 4 is 21.8 Å². The summed E-state index contributed by atoms with van der Waals surface area (Å²) in [6, 6.07) is 7.47. The van der Waals surface area contributed by atoms with E-state index in [4.69, 9.17) is 0 Å². The van der Waals surface area contributed by atoms with Crippen LogP contribution in [-0.4, -0.2) is 32.4 Å². The predicted octanol–water partition coefficient (Wildman–Crippen LogP) is 2.24. The molecule has 1 heterocycles. The van der Waals surface area contributed by atoms with Gasteiger partial charge in [-0.05, 0) is 30.9 Å². The molecule has 0 aliphatic heterocycles. The molecule has 0 saturated heterocycles. The molecule has 24 heavy (non-hydrogen) atoms. The standard InChI is InChI=1S/C17H21BrN4O2/c1-22-15(20-17(21-22)11-6-7-11)10-16(24)19-14(8-9-23)12-4-2-3-5-13(12)18/h2-5,11,14,23H,6-10H2,1H3,(H,19,24). The van der Waals surface area contributed by atoms with E-state index < -0.39 is 0 Å². The number of nitrogens with zero attached hydrogens (tertiary/aromatic N) is 3. The van der Waals surface area contributed by atoms with Gasteiger partial charge in [-0.2, -0.15) is 5.10 Å². The van der Waals surface area contributed by atoms with Crippen molar-refractivity contribution in [3.63, 3.8) is 0 Å². The van der Waals surface area contributed by atoms with Crippen molar-refractivity contribution in [3.8, 4) is 0 Å². The van der Waals surface area contributed by atoms with Crippen LogP contribution in [0.3, 0.4) is 0 Å². The Morgan fingerprint density at radius 2 is 2.21 bits per heavy atom. The Morgan fingerprint density at radius 3 is 2.88 bits per heavy atom. The molecule has 0 bridgehead atoms. The van der Waals surface area contributed by atoms with Gasteiger partial charge in [0.05, 0.1) is 12.5 Å². The van der Waals surface area contributed by atoms with E-state index in [1.54, 1.807) is 4.68 Å². The molecule has 1 aliphatic rings. The largest absolute Gasteiger partial charge is 0.396 e. The number of aryl methyl sites for hydroxylation is 1. The van der Waals surface area contributed by atoms with Gasteiger partial charge in [0.2, 0.25) is 5.91 Å². The van der Waals surface area contributed by atoms with Crippen molar-refractivity contribution in [3.05, 3.63) is 46.0 Å². The molecule has 1 aliphatic carbocycles. The lowest BCUT2D eigenvalue weighted by Crippen LogP contribution is -2.31. The van der Waals surface area contributed by atoms with Gasteiger partial charge in [0.15, 0.2) is 5.82 Å². The highest BCUT2D eigenvalue weighted by molar-refractivity contribution is 9.10. The summed E-state index contributed by atoms with van der Waals surface area (Å²) < 4.78 is 2.60. The van der Waals surface area contributed by atoms with Crippen molar-refractivity contribution < 1.29 is 9.90 Å². The fourth-order valence-corrected chi connectivity index (χ4v) is 3.25. The number of benzene rings is 1. The Labute approximate surface area is 149 Å². The maximum atomic E-state index is 12.4. The second-order valence-electron chi connectivity index (χ2n) is 6.11. The smallest absolute Gasteiger partial charge is 0.228 e. The van der Waals surface area contributed by atoms with Crippen LogP contribution in [-0.2, 0) is 18.3 Å². The number of halogens is 1. The molecule has 6 nitrogen and oxygen atoms in total. The summed E-state index contributed by atoms with van der Waals surface area (Å²) in [7, 11) is 1.82. The molecule has 1 amide bonds. The minimum absolute atomic E-state index is 0.00205. The summed E-state index contributed by atoms with van der Waals surface area (Å²) in [5, 5.41) is 16.7. The van der Waals surface area contributed by atoms with Crippen molar-refractivity contribution in [2.75, 3.05) is 6.61 Å². The lowest BCUT2D eigenvalue weighted by atomic mass is 10.0. The second-order valence-corrected chi connectivity index (χ2v) is 6.97. The van der Waals surface area contributed by atoms with E-state index in [1.165, 1.54) is 0 Å². The second kappa shape index (κ2) is 7.44. The van der Waals surface area contributed by atoms with Crippen molar-refractivity contribution in [1.29, 1.82) is 0 Å². The fraction of sp³-hybridized carbons (Fsp3) is 0.471. The zero-order valence-electron chi connectivity index (χ0n) is 13.6. The summed E-state index contributed by atoms with van der Waals surface area (Å²) >= 11 is 3.50. The molecule has 1 fully saturated rings. The first-order chi connectivity index (χ1) is 11.6. The predicted molar refractivity (Wildman–Crippen MR) is 93.4 cm³/mol. The SMILES string of the molecule is Cn1nc(C2CC2)nc1CC(=O)NC(CCO)c1ccccc1Br. The van der Waals surface area contributed by atoms with Crippen molar-refractivity contribution in [2.45, 2.75) is 37.6 Å². The molecule has 128 valence electrons. The fourth-order valence-electron chi connectivity index (χ4n) is 2.69. The topological polar surface area (TPSA) is 80.0 Å². The Bertz CT molecular complexity index is 727. The lowest BCUT2D eigenvalue weighted by Gasteiger charge is -2.19. The number of carbonyl (C=O) groups is 1. The van der Waals surface area contributed by atoms with Gasteiger partial charge in [-0.3, -0.25) is 9.48 Å². The summed E-state index contributed by atoms with van der Waals surface area (Å²) in [4.78, 5) is 16.9. The maximum absolute atomic E-state index is 12.4. The maximum Gasteiger partial charge on any atom is 0.228 e. The van der Waals surface area contributed by atoms with Crippen molar-refractivity contribution in [1.82, 2.24) is 20.1 Å². The normalized spacial score (nSPS) is 15.3. The zero-order chi connectivity index (χ0) is 17.1. The van der Waals surface area contributed by atoms with Gasteiger partial charge in [0, 0.05) is 24.0 Å². The number of aliphatic hydroxyl groups is 1. The van der Waals surface area contributed by atoms with Crippen LogP contribution >= 0.6 is 15.9 Å². The zero-order valence-corrected chi connectivity index (χ0v) is 15.2. The van der Waals surface area contributed by atoms with Crippen LogP contribution in [0.15, 0.2) is 28.7 Å². The Kier molecular flexibility index (Phi) is 5.30. The number of hydrogen-bond acceptors (Lipinski definition) is 4. The van der Waals surface area contributed by atoms with Gasteiger partial charge in [-0.15, -0.1) is 0 Å². The van der Waals surface area contributed by atoms with E-state index in [0.29, 0.717) is 18.2 Å². The first-order valence-corrected chi connectivity index (χ1v) is 8.92. The molecular weight excluding hydrogens is 372 g/mol. The molecule has 3 rings (SSSR count). The molecule has 2 aromatic rings. The highest BCUT2D eigenvalue weighted by atomic mass is 79.9. The summed E-state index contributed by atoms with van der Waals surface area (Å²) in [6.07, 6.45) is 2.91. The Balaban J connectivity index is 1.68. The summed E-state index contributed by atoms with van der Waals surface area (Å²) in [5.74, 6) is 1.86. The molecular formula is C17H21BrN4O2. The van der Waals surface area contributed by atoms with E-state index in [-0.39, 0.29) is 25.0 Å². The van der Waals surface area contributed by atoms with Crippen LogP contribution in [0.2, 0.25) is 0 Å². The highest BCUT2D eigenvalue weighted by Gasteiger charge is 2.29.